The number of carbonyl (C=O) groups is 2. The molecule has 0 spiro atoms. The van der Waals surface area contributed by atoms with E-state index in [1.54, 1.807) is 36.4 Å². The summed E-state index contributed by atoms with van der Waals surface area (Å²) in [6.07, 6.45) is 1.67. The van der Waals surface area contributed by atoms with Gasteiger partial charge in [0.25, 0.3) is 5.91 Å². The van der Waals surface area contributed by atoms with E-state index in [4.69, 9.17) is 18.9 Å². The molecule has 37 heavy (non-hydrogen) atoms. The fraction of sp³-hybridized carbons (Fsp3) is 0.241. The zero-order valence-corrected chi connectivity index (χ0v) is 20.2. The molecule has 3 aromatic carbocycles. The van der Waals surface area contributed by atoms with E-state index in [0.717, 1.165) is 25.2 Å². The van der Waals surface area contributed by atoms with E-state index >= 15 is 0 Å². The molecule has 3 heterocycles. The van der Waals surface area contributed by atoms with E-state index in [1.807, 2.05) is 29.2 Å². The molecule has 1 saturated heterocycles. The number of ketones is 1. The minimum atomic E-state index is -0.205. The fourth-order valence-electron chi connectivity index (χ4n) is 4.64. The van der Waals surface area contributed by atoms with Gasteiger partial charge in [-0.15, -0.1) is 0 Å². The summed E-state index contributed by atoms with van der Waals surface area (Å²) in [7, 11) is 0. The van der Waals surface area contributed by atoms with Crippen LogP contribution in [0.25, 0.3) is 6.08 Å². The van der Waals surface area contributed by atoms with Crippen molar-refractivity contribution in [3.63, 3.8) is 0 Å². The second-order valence-electron chi connectivity index (χ2n) is 9.14. The van der Waals surface area contributed by atoms with Gasteiger partial charge in [0.15, 0.2) is 23.9 Å². The first kappa shape index (κ1) is 23.1. The van der Waals surface area contributed by atoms with Crippen LogP contribution in [0.3, 0.4) is 0 Å². The number of nitrogens with zero attached hydrogens (tertiary/aromatic N) is 2. The average molecular weight is 499 g/mol. The van der Waals surface area contributed by atoms with Crippen molar-refractivity contribution >= 4 is 17.8 Å². The van der Waals surface area contributed by atoms with Crippen LogP contribution >= 0.6 is 0 Å². The number of carbonyl (C=O) groups excluding carboxylic acids is 2. The van der Waals surface area contributed by atoms with Gasteiger partial charge in [0, 0.05) is 38.8 Å². The third-order valence-electron chi connectivity index (χ3n) is 6.67. The molecule has 0 N–H and O–H groups in total. The monoisotopic (exact) mass is 498 g/mol. The van der Waals surface area contributed by atoms with Crippen molar-refractivity contribution < 1.29 is 28.5 Å². The Hall–Kier alpha value is -4.30. The lowest BCUT2D eigenvalue weighted by atomic mass is 10.1. The lowest BCUT2D eigenvalue weighted by Gasteiger charge is -2.34. The predicted octanol–water partition coefficient (Wildman–Crippen LogP) is 3.75. The first-order valence-electron chi connectivity index (χ1n) is 12.3. The van der Waals surface area contributed by atoms with Crippen molar-refractivity contribution in [2.24, 2.45) is 0 Å². The molecule has 0 atom stereocenters. The van der Waals surface area contributed by atoms with Gasteiger partial charge in [-0.2, -0.15) is 0 Å². The summed E-state index contributed by atoms with van der Waals surface area (Å²) in [5.41, 5.74) is 2.50. The van der Waals surface area contributed by atoms with Gasteiger partial charge in [0.1, 0.15) is 11.5 Å². The van der Waals surface area contributed by atoms with Crippen LogP contribution in [0.1, 0.15) is 21.5 Å². The van der Waals surface area contributed by atoms with Gasteiger partial charge in [-0.3, -0.25) is 14.5 Å². The Kier molecular flexibility index (Phi) is 6.24. The normalized spacial score (nSPS) is 17.6. The highest BCUT2D eigenvalue weighted by molar-refractivity contribution is 6.14. The smallest absolute Gasteiger partial charge is 0.260 e. The number of piperazine rings is 1. The fourth-order valence-corrected chi connectivity index (χ4v) is 4.64. The highest BCUT2D eigenvalue weighted by Gasteiger charge is 2.28. The number of amides is 1. The first-order chi connectivity index (χ1) is 18.1. The molecule has 8 nitrogen and oxygen atoms in total. The van der Waals surface area contributed by atoms with Crippen LogP contribution in [-0.2, 0) is 11.3 Å². The molecule has 0 aromatic heterocycles. The number of ether oxygens (including phenoxy) is 4. The molecule has 1 fully saturated rings. The van der Waals surface area contributed by atoms with E-state index in [9.17, 15) is 9.59 Å². The number of rotatable bonds is 6. The van der Waals surface area contributed by atoms with E-state index in [-0.39, 0.29) is 30.8 Å². The molecular formula is C29H26N2O6. The molecule has 3 aliphatic heterocycles. The summed E-state index contributed by atoms with van der Waals surface area (Å²) in [5, 5.41) is 0. The van der Waals surface area contributed by atoms with E-state index < -0.39 is 0 Å². The first-order valence-corrected chi connectivity index (χ1v) is 12.3. The topological polar surface area (TPSA) is 77.5 Å². The molecule has 6 rings (SSSR count). The van der Waals surface area contributed by atoms with Crippen LogP contribution in [0.4, 0.5) is 0 Å². The Morgan fingerprint density at radius 2 is 1.70 bits per heavy atom. The Labute approximate surface area is 214 Å². The molecule has 3 aromatic rings. The number of benzene rings is 3. The third-order valence-corrected chi connectivity index (χ3v) is 6.67. The maximum Gasteiger partial charge on any atom is 0.260 e. The minimum absolute atomic E-state index is 0.0553. The van der Waals surface area contributed by atoms with Crippen LogP contribution in [-0.4, -0.2) is 61.1 Å². The van der Waals surface area contributed by atoms with Crippen molar-refractivity contribution in [3.05, 3.63) is 89.2 Å². The van der Waals surface area contributed by atoms with E-state index in [0.29, 0.717) is 41.7 Å². The van der Waals surface area contributed by atoms with Gasteiger partial charge in [-0.25, -0.2) is 0 Å². The molecule has 188 valence electrons. The zero-order chi connectivity index (χ0) is 25.2. The number of hydrogen-bond donors (Lipinski definition) is 0. The van der Waals surface area contributed by atoms with Crippen LogP contribution in [0.15, 0.2) is 72.5 Å². The Balaban J connectivity index is 1.03. The zero-order valence-electron chi connectivity index (χ0n) is 20.2. The van der Waals surface area contributed by atoms with Crippen molar-refractivity contribution in [1.82, 2.24) is 9.80 Å². The lowest BCUT2D eigenvalue weighted by Crippen LogP contribution is -2.49. The molecule has 0 bridgehead atoms. The van der Waals surface area contributed by atoms with Crippen molar-refractivity contribution in [1.29, 1.82) is 0 Å². The Morgan fingerprint density at radius 3 is 2.54 bits per heavy atom. The minimum Gasteiger partial charge on any atom is -0.484 e. The Bertz CT molecular complexity index is 1360. The molecular weight excluding hydrogens is 472 g/mol. The number of hydrogen-bond acceptors (Lipinski definition) is 7. The SMILES string of the molecule is O=C1C(=Cc2ccc3c(c2)OCO3)Oc2cc(OCC(=O)N3CCN(Cc4ccccc4)CC3)ccc21. The second-order valence-corrected chi connectivity index (χ2v) is 9.14. The summed E-state index contributed by atoms with van der Waals surface area (Å²) in [6, 6.07) is 20.8. The second kappa shape index (κ2) is 9.99. The molecule has 0 radical (unpaired) electrons. The van der Waals surface area contributed by atoms with Gasteiger partial charge in [-0.05, 0) is 41.5 Å². The molecule has 0 saturated carbocycles. The van der Waals surface area contributed by atoms with Gasteiger partial charge < -0.3 is 23.8 Å². The third kappa shape index (κ3) is 5.01. The van der Waals surface area contributed by atoms with E-state index in [2.05, 4.69) is 17.0 Å². The van der Waals surface area contributed by atoms with Gasteiger partial charge >= 0.3 is 0 Å². The molecule has 0 unspecified atom stereocenters. The van der Waals surface area contributed by atoms with Gasteiger partial charge in [0.05, 0.1) is 5.56 Å². The molecule has 8 heteroatoms. The average Bonchev–Trinajstić information content (AvgIpc) is 3.52. The quantitative estimate of drug-likeness (QED) is 0.479. The largest absolute Gasteiger partial charge is 0.484 e. The van der Waals surface area contributed by atoms with Crippen LogP contribution in [0, 0.1) is 0 Å². The summed E-state index contributed by atoms with van der Waals surface area (Å²) in [4.78, 5) is 29.7. The van der Waals surface area contributed by atoms with Crippen LogP contribution < -0.4 is 18.9 Å². The van der Waals surface area contributed by atoms with Gasteiger partial charge in [-0.1, -0.05) is 36.4 Å². The predicted molar refractivity (Wildman–Crippen MR) is 136 cm³/mol. The summed E-state index contributed by atoms with van der Waals surface area (Å²) in [5.74, 6) is 2.16. The van der Waals surface area contributed by atoms with Crippen LogP contribution in [0.5, 0.6) is 23.0 Å². The van der Waals surface area contributed by atoms with Crippen molar-refractivity contribution in [2.45, 2.75) is 6.54 Å². The highest BCUT2D eigenvalue weighted by Crippen LogP contribution is 2.37. The summed E-state index contributed by atoms with van der Waals surface area (Å²) in [6.45, 7) is 4.01. The Morgan fingerprint density at radius 1 is 0.892 bits per heavy atom. The van der Waals surface area contributed by atoms with E-state index in [1.165, 1.54) is 5.56 Å². The number of allylic oxidation sites excluding steroid dienone is 1. The number of Topliss-reactive ketones (excluding diaryl/α,β-unsaturated/α-hetero) is 1. The van der Waals surface area contributed by atoms with Crippen molar-refractivity contribution in [2.75, 3.05) is 39.6 Å². The molecule has 0 aliphatic carbocycles. The highest BCUT2D eigenvalue weighted by atomic mass is 16.7. The lowest BCUT2D eigenvalue weighted by molar-refractivity contribution is -0.135. The van der Waals surface area contributed by atoms with Crippen molar-refractivity contribution in [3.8, 4) is 23.0 Å². The maximum absolute atomic E-state index is 12.8. The number of fused-ring (bicyclic) bond motifs is 2. The summed E-state index contributed by atoms with van der Waals surface area (Å²) < 4.78 is 22.3. The van der Waals surface area contributed by atoms with Gasteiger partial charge in [0.2, 0.25) is 12.6 Å². The molecule has 1 amide bonds. The van der Waals surface area contributed by atoms with Crippen LogP contribution in [0.2, 0.25) is 0 Å². The molecule has 3 aliphatic rings. The standard InChI is InChI=1S/C29H26N2O6/c32-28(31-12-10-30(11-13-31)17-20-4-2-1-3-5-20)18-34-22-7-8-23-25(16-22)37-27(29(23)33)15-21-6-9-24-26(14-21)36-19-35-24/h1-9,14-16H,10-13,17-19H2. The summed E-state index contributed by atoms with van der Waals surface area (Å²) >= 11 is 0. The maximum atomic E-state index is 12.8.